The van der Waals surface area contributed by atoms with E-state index in [4.69, 9.17) is 30.5 Å². The average Bonchev–Trinajstić information content (AvgIpc) is 3.30. The van der Waals surface area contributed by atoms with Gasteiger partial charge in [-0.15, -0.1) is 12.4 Å². The van der Waals surface area contributed by atoms with Gasteiger partial charge in [-0.3, -0.25) is 0 Å². The van der Waals surface area contributed by atoms with Crippen LogP contribution in [0.15, 0.2) is 36.4 Å². The SMILES string of the molecule is Cl.Clc1cc2c(cc1COc1ccc(OCC3CCCN3)cc1)OCO2. The van der Waals surface area contributed by atoms with Crippen LogP contribution in [0.4, 0.5) is 0 Å². The molecule has 0 aliphatic carbocycles. The fraction of sp³-hybridized carbons (Fsp3) is 0.368. The van der Waals surface area contributed by atoms with Gasteiger partial charge in [0, 0.05) is 17.7 Å². The van der Waals surface area contributed by atoms with Crippen molar-refractivity contribution in [2.45, 2.75) is 25.5 Å². The predicted octanol–water partition coefficient (Wildman–Crippen LogP) is 4.20. The summed E-state index contributed by atoms with van der Waals surface area (Å²) in [7, 11) is 0. The minimum absolute atomic E-state index is 0. The number of hydrogen-bond donors (Lipinski definition) is 1. The second kappa shape index (κ2) is 8.71. The van der Waals surface area contributed by atoms with Gasteiger partial charge in [0.25, 0.3) is 0 Å². The maximum absolute atomic E-state index is 6.26. The van der Waals surface area contributed by atoms with Gasteiger partial charge in [-0.25, -0.2) is 0 Å². The van der Waals surface area contributed by atoms with Gasteiger partial charge >= 0.3 is 0 Å². The molecule has 0 aromatic heterocycles. The van der Waals surface area contributed by atoms with E-state index in [1.54, 1.807) is 6.07 Å². The van der Waals surface area contributed by atoms with E-state index in [9.17, 15) is 0 Å². The van der Waals surface area contributed by atoms with E-state index in [-0.39, 0.29) is 19.2 Å². The van der Waals surface area contributed by atoms with Crippen molar-refractivity contribution in [2.75, 3.05) is 19.9 Å². The lowest BCUT2D eigenvalue weighted by Crippen LogP contribution is -2.28. The fourth-order valence-corrected chi connectivity index (χ4v) is 3.17. The summed E-state index contributed by atoms with van der Waals surface area (Å²) in [4.78, 5) is 0. The minimum atomic E-state index is 0. The van der Waals surface area contributed by atoms with E-state index in [0.717, 1.165) is 23.6 Å². The van der Waals surface area contributed by atoms with Crippen molar-refractivity contribution in [1.82, 2.24) is 5.32 Å². The van der Waals surface area contributed by atoms with Gasteiger partial charge in [-0.2, -0.15) is 0 Å². The summed E-state index contributed by atoms with van der Waals surface area (Å²) >= 11 is 6.26. The summed E-state index contributed by atoms with van der Waals surface area (Å²) in [5.74, 6) is 2.99. The molecule has 1 N–H and O–H groups in total. The monoisotopic (exact) mass is 397 g/mol. The second-order valence-electron chi connectivity index (χ2n) is 6.16. The summed E-state index contributed by atoms with van der Waals surface area (Å²) in [6, 6.07) is 11.7. The van der Waals surface area contributed by atoms with E-state index in [1.807, 2.05) is 30.3 Å². The highest BCUT2D eigenvalue weighted by Crippen LogP contribution is 2.37. The molecule has 0 amide bonds. The van der Waals surface area contributed by atoms with Gasteiger partial charge in [0.1, 0.15) is 24.7 Å². The van der Waals surface area contributed by atoms with E-state index in [0.29, 0.717) is 35.8 Å². The van der Waals surface area contributed by atoms with Crippen LogP contribution in [-0.4, -0.2) is 26.0 Å². The Morgan fingerprint density at radius 1 is 1.04 bits per heavy atom. The number of nitrogens with one attached hydrogen (secondary N) is 1. The second-order valence-corrected chi connectivity index (χ2v) is 6.57. The molecule has 2 aromatic carbocycles. The van der Waals surface area contributed by atoms with E-state index in [1.165, 1.54) is 12.8 Å². The van der Waals surface area contributed by atoms with Gasteiger partial charge in [0.05, 0.1) is 5.02 Å². The zero-order valence-electron chi connectivity index (χ0n) is 14.2. The average molecular weight is 398 g/mol. The normalized spacial score (nSPS) is 17.7. The number of rotatable bonds is 6. The molecule has 0 saturated carbocycles. The van der Waals surface area contributed by atoms with Gasteiger partial charge in [-0.05, 0) is 49.7 Å². The summed E-state index contributed by atoms with van der Waals surface area (Å²) in [5, 5.41) is 4.02. The molecule has 140 valence electrons. The van der Waals surface area contributed by atoms with Crippen LogP contribution in [0.2, 0.25) is 5.02 Å². The molecule has 0 spiro atoms. The molecule has 1 unspecified atom stereocenters. The third-order valence-electron chi connectivity index (χ3n) is 4.37. The van der Waals surface area contributed by atoms with Crippen LogP contribution in [-0.2, 0) is 6.61 Å². The topological polar surface area (TPSA) is 49.0 Å². The third-order valence-corrected chi connectivity index (χ3v) is 4.73. The maximum atomic E-state index is 6.26. The quantitative estimate of drug-likeness (QED) is 0.791. The van der Waals surface area contributed by atoms with Crippen molar-refractivity contribution in [3.63, 3.8) is 0 Å². The van der Waals surface area contributed by atoms with Gasteiger partial charge < -0.3 is 24.3 Å². The molecular weight excluding hydrogens is 377 g/mol. The van der Waals surface area contributed by atoms with Crippen LogP contribution in [0, 0.1) is 0 Å². The zero-order valence-corrected chi connectivity index (χ0v) is 15.8. The van der Waals surface area contributed by atoms with Crippen LogP contribution in [0.1, 0.15) is 18.4 Å². The van der Waals surface area contributed by atoms with E-state index >= 15 is 0 Å². The Morgan fingerprint density at radius 3 is 2.42 bits per heavy atom. The van der Waals surface area contributed by atoms with Crippen LogP contribution in [0.3, 0.4) is 0 Å². The van der Waals surface area contributed by atoms with Crippen LogP contribution >= 0.6 is 24.0 Å². The standard InChI is InChI=1S/C19H20ClNO4.ClH/c20-17-9-19-18(24-12-25-19)8-13(17)10-22-15-3-5-16(6-4-15)23-11-14-2-1-7-21-14;/h3-6,8-9,14,21H,1-2,7,10-12H2;1H. The molecule has 1 fully saturated rings. The Kier molecular flexibility index (Phi) is 6.35. The Hall–Kier alpha value is -1.82. The van der Waals surface area contributed by atoms with Crippen molar-refractivity contribution in [1.29, 1.82) is 0 Å². The first-order chi connectivity index (χ1) is 12.3. The first kappa shape index (κ1) is 19.0. The summed E-state index contributed by atoms with van der Waals surface area (Å²) < 4.78 is 22.3. The number of benzene rings is 2. The Bertz CT molecular complexity index is 733. The Labute approximate surface area is 163 Å². The minimum Gasteiger partial charge on any atom is -0.492 e. The van der Waals surface area contributed by atoms with E-state index < -0.39 is 0 Å². The largest absolute Gasteiger partial charge is 0.492 e. The molecule has 7 heteroatoms. The summed E-state index contributed by atoms with van der Waals surface area (Å²) in [6.07, 6.45) is 2.40. The molecule has 2 aliphatic heterocycles. The smallest absolute Gasteiger partial charge is 0.231 e. The lowest BCUT2D eigenvalue weighted by molar-refractivity contribution is 0.174. The highest BCUT2D eigenvalue weighted by molar-refractivity contribution is 6.31. The zero-order chi connectivity index (χ0) is 17.1. The molecule has 26 heavy (non-hydrogen) atoms. The number of halogens is 2. The molecule has 1 atom stereocenters. The van der Waals surface area contributed by atoms with Crippen LogP contribution in [0.25, 0.3) is 0 Å². The van der Waals surface area contributed by atoms with Crippen molar-refractivity contribution >= 4 is 24.0 Å². The first-order valence-electron chi connectivity index (χ1n) is 8.45. The first-order valence-corrected chi connectivity index (χ1v) is 8.83. The third kappa shape index (κ3) is 4.47. The molecule has 0 bridgehead atoms. The molecule has 5 nitrogen and oxygen atoms in total. The van der Waals surface area contributed by atoms with Crippen LogP contribution < -0.4 is 24.3 Å². The van der Waals surface area contributed by atoms with Gasteiger partial charge in [-0.1, -0.05) is 11.6 Å². The highest BCUT2D eigenvalue weighted by Gasteiger charge is 2.17. The fourth-order valence-electron chi connectivity index (χ4n) is 2.96. The highest BCUT2D eigenvalue weighted by atomic mass is 35.5. The molecule has 0 radical (unpaired) electrons. The number of fused-ring (bicyclic) bond motifs is 1. The van der Waals surface area contributed by atoms with Gasteiger partial charge in [0.15, 0.2) is 11.5 Å². The molecule has 2 heterocycles. The Morgan fingerprint density at radius 2 is 1.73 bits per heavy atom. The maximum Gasteiger partial charge on any atom is 0.231 e. The molecule has 2 aliphatic rings. The van der Waals surface area contributed by atoms with Crippen molar-refractivity contribution in [3.05, 3.63) is 47.0 Å². The lowest BCUT2D eigenvalue weighted by Gasteiger charge is -2.13. The van der Waals surface area contributed by atoms with E-state index in [2.05, 4.69) is 5.32 Å². The number of hydrogen-bond acceptors (Lipinski definition) is 5. The molecular formula is C19H21Cl2NO4. The Balaban J connectivity index is 0.00000196. The lowest BCUT2D eigenvalue weighted by atomic mass is 10.2. The van der Waals surface area contributed by atoms with Crippen molar-refractivity contribution in [3.8, 4) is 23.0 Å². The summed E-state index contributed by atoms with van der Waals surface area (Å²) in [5.41, 5.74) is 0.860. The molecule has 1 saturated heterocycles. The summed E-state index contributed by atoms with van der Waals surface area (Å²) in [6.45, 7) is 2.38. The van der Waals surface area contributed by atoms with Gasteiger partial charge in [0.2, 0.25) is 6.79 Å². The predicted molar refractivity (Wildman–Crippen MR) is 102 cm³/mol. The molecule has 2 aromatic rings. The van der Waals surface area contributed by atoms with Crippen molar-refractivity contribution in [2.24, 2.45) is 0 Å². The van der Waals surface area contributed by atoms with Crippen LogP contribution in [0.5, 0.6) is 23.0 Å². The number of ether oxygens (including phenoxy) is 4. The molecule has 4 rings (SSSR count). The van der Waals surface area contributed by atoms with Crippen molar-refractivity contribution < 1.29 is 18.9 Å².